The Morgan fingerprint density at radius 1 is 1.20 bits per heavy atom. The van der Waals surface area contributed by atoms with Crippen molar-refractivity contribution in [2.75, 3.05) is 20.2 Å². The summed E-state index contributed by atoms with van der Waals surface area (Å²) >= 11 is 0. The summed E-state index contributed by atoms with van der Waals surface area (Å²) in [4.78, 5) is 16.1. The summed E-state index contributed by atoms with van der Waals surface area (Å²) < 4.78 is 4.71. The molecule has 5 nitrogen and oxygen atoms in total. The van der Waals surface area contributed by atoms with Gasteiger partial charge in [-0.2, -0.15) is 0 Å². The Labute approximate surface area is 168 Å². The molecule has 0 bridgehead atoms. The van der Waals surface area contributed by atoms with Crippen molar-refractivity contribution in [2.45, 2.75) is 51.5 Å². The highest BCUT2D eigenvalue weighted by Crippen LogP contribution is 2.17. The van der Waals surface area contributed by atoms with Crippen LogP contribution >= 0.6 is 24.0 Å². The number of carbonyl (C=O) groups is 1. The quantitative estimate of drug-likeness (QED) is 0.296. The first kappa shape index (κ1) is 21.7. The summed E-state index contributed by atoms with van der Waals surface area (Å²) in [5.41, 5.74) is 1.75. The van der Waals surface area contributed by atoms with Gasteiger partial charge in [0.05, 0.1) is 12.7 Å². The second-order valence-corrected chi connectivity index (χ2v) is 6.18. The van der Waals surface area contributed by atoms with E-state index in [0.29, 0.717) is 11.6 Å². The average Bonchev–Trinajstić information content (AvgIpc) is 2.62. The van der Waals surface area contributed by atoms with Crippen molar-refractivity contribution in [3.05, 3.63) is 35.4 Å². The SMILES string of the molecule is CCNC(=NCCc1ccc(C(=O)OC)cc1)NC1CCCCC1.I. The standard InChI is InChI=1S/C19H29N3O2.HI/c1-3-20-19(22-17-7-5-4-6-8-17)21-14-13-15-9-11-16(12-10-15)18(23)24-2;/h9-12,17H,3-8,13-14H2,1-2H3,(H2,20,21,22);1H. The molecule has 2 rings (SSSR count). The van der Waals surface area contributed by atoms with Crippen LogP contribution in [0.1, 0.15) is 54.9 Å². The number of rotatable bonds is 6. The zero-order valence-electron chi connectivity index (χ0n) is 15.2. The smallest absolute Gasteiger partial charge is 0.337 e. The Hall–Kier alpha value is -1.31. The van der Waals surface area contributed by atoms with Crippen LogP contribution in [0.25, 0.3) is 0 Å². The molecule has 0 aromatic heterocycles. The lowest BCUT2D eigenvalue weighted by Gasteiger charge is -2.24. The largest absolute Gasteiger partial charge is 0.465 e. The minimum Gasteiger partial charge on any atom is -0.465 e. The molecule has 0 aliphatic heterocycles. The number of halogens is 1. The summed E-state index contributed by atoms with van der Waals surface area (Å²) in [7, 11) is 1.40. The Bertz CT molecular complexity index is 540. The number of nitrogens with one attached hydrogen (secondary N) is 2. The number of aliphatic imine (C=N–C) groups is 1. The van der Waals surface area contributed by atoms with Crippen LogP contribution in [0.4, 0.5) is 0 Å². The van der Waals surface area contributed by atoms with E-state index in [4.69, 9.17) is 4.74 Å². The number of methoxy groups -OCH3 is 1. The summed E-state index contributed by atoms with van der Waals surface area (Å²) in [6, 6.07) is 8.08. The fraction of sp³-hybridized carbons (Fsp3) is 0.579. The highest BCUT2D eigenvalue weighted by molar-refractivity contribution is 14.0. The molecular formula is C19H30IN3O2. The summed E-state index contributed by atoms with van der Waals surface area (Å²) in [6.45, 7) is 3.68. The van der Waals surface area contributed by atoms with E-state index in [1.165, 1.54) is 44.8 Å². The van der Waals surface area contributed by atoms with Crippen LogP contribution in [0.3, 0.4) is 0 Å². The molecule has 1 saturated carbocycles. The number of benzene rings is 1. The lowest BCUT2D eigenvalue weighted by molar-refractivity contribution is 0.0600. The average molecular weight is 459 g/mol. The van der Waals surface area contributed by atoms with Crippen LogP contribution in [0.5, 0.6) is 0 Å². The number of nitrogens with zero attached hydrogens (tertiary/aromatic N) is 1. The van der Waals surface area contributed by atoms with Crippen molar-refractivity contribution in [1.29, 1.82) is 0 Å². The van der Waals surface area contributed by atoms with Crippen molar-refractivity contribution in [3.63, 3.8) is 0 Å². The predicted molar refractivity (Wildman–Crippen MR) is 113 cm³/mol. The van der Waals surface area contributed by atoms with Crippen molar-refractivity contribution in [1.82, 2.24) is 10.6 Å². The third-order valence-electron chi connectivity index (χ3n) is 4.34. The predicted octanol–water partition coefficient (Wildman–Crippen LogP) is 3.52. The fourth-order valence-corrected chi connectivity index (χ4v) is 2.98. The molecule has 140 valence electrons. The molecule has 0 radical (unpaired) electrons. The van der Waals surface area contributed by atoms with E-state index in [-0.39, 0.29) is 29.9 Å². The molecule has 0 saturated heterocycles. The van der Waals surface area contributed by atoms with Gasteiger partial charge in [-0.3, -0.25) is 4.99 Å². The van der Waals surface area contributed by atoms with Crippen molar-refractivity contribution >= 4 is 35.9 Å². The van der Waals surface area contributed by atoms with Gasteiger partial charge in [0.15, 0.2) is 5.96 Å². The van der Waals surface area contributed by atoms with Crippen LogP contribution in [0.2, 0.25) is 0 Å². The van der Waals surface area contributed by atoms with E-state index in [1.807, 2.05) is 12.1 Å². The van der Waals surface area contributed by atoms with Crippen LogP contribution in [-0.4, -0.2) is 38.2 Å². The van der Waals surface area contributed by atoms with Gasteiger partial charge in [-0.05, 0) is 43.9 Å². The van der Waals surface area contributed by atoms with Gasteiger partial charge in [-0.1, -0.05) is 31.4 Å². The Balaban J connectivity index is 0.00000312. The molecule has 6 heteroatoms. The molecule has 1 aliphatic rings. The van der Waals surface area contributed by atoms with Gasteiger partial charge in [0.1, 0.15) is 0 Å². The maximum absolute atomic E-state index is 11.4. The number of hydrogen-bond donors (Lipinski definition) is 2. The van der Waals surface area contributed by atoms with Gasteiger partial charge in [-0.25, -0.2) is 4.79 Å². The maximum atomic E-state index is 11.4. The molecule has 0 spiro atoms. The summed E-state index contributed by atoms with van der Waals surface area (Å²) in [5.74, 6) is 0.612. The fourth-order valence-electron chi connectivity index (χ4n) is 2.98. The molecule has 1 aliphatic carbocycles. The van der Waals surface area contributed by atoms with Gasteiger partial charge < -0.3 is 15.4 Å². The molecule has 2 N–H and O–H groups in total. The van der Waals surface area contributed by atoms with Crippen LogP contribution in [-0.2, 0) is 11.2 Å². The van der Waals surface area contributed by atoms with Crippen molar-refractivity contribution < 1.29 is 9.53 Å². The van der Waals surface area contributed by atoms with E-state index in [2.05, 4.69) is 22.5 Å². The molecule has 0 amide bonds. The second-order valence-electron chi connectivity index (χ2n) is 6.18. The van der Waals surface area contributed by atoms with Crippen molar-refractivity contribution in [3.8, 4) is 0 Å². The van der Waals surface area contributed by atoms with Crippen LogP contribution in [0.15, 0.2) is 29.3 Å². The molecule has 1 fully saturated rings. The molecular weight excluding hydrogens is 429 g/mol. The number of ether oxygens (including phenoxy) is 1. The van der Waals surface area contributed by atoms with E-state index >= 15 is 0 Å². The van der Waals surface area contributed by atoms with E-state index in [9.17, 15) is 4.79 Å². The highest BCUT2D eigenvalue weighted by Gasteiger charge is 2.14. The zero-order valence-corrected chi connectivity index (χ0v) is 17.5. The van der Waals surface area contributed by atoms with E-state index in [1.54, 1.807) is 12.1 Å². The number of hydrogen-bond acceptors (Lipinski definition) is 3. The monoisotopic (exact) mass is 459 g/mol. The van der Waals surface area contributed by atoms with Crippen LogP contribution in [0, 0.1) is 0 Å². The molecule has 25 heavy (non-hydrogen) atoms. The molecule has 0 unspecified atom stereocenters. The van der Waals surface area contributed by atoms with Gasteiger partial charge in [0, 0.05) is 19.1 Å². The first-order valence-electron chi connectivity index (χ1n) is 8.95. The lowest BCUT2D eigenvalue weighted by atomic mass is 9.96. The minimum atomic E-state index is -0.300. The van der Waals surface area contributed by atoms with Crippen LogP contribution < -0.4 is 10.6 Å². The Morgan fingerprint density at radius 2 is 1.88 bits per heavy atom. The lowest BCUT2D eigenvalue weighted by Crippen LogP contribution is -2.44. The third kappa shape index (κ3) is 7.63. The number of carbonyl (C=O) groups excluding carboxylic acids is 1. The Morgan fingerprint density at radius 3 is 2.48 bits per heavy atom. The first-order chi connectivity index (χ1) is 11.7. The normalized spacial score (nSPS) is 15.2. The summed E-state index contributed by atoms with van der Waals surface area (Å²) in [5, 5.41) is 6.88. The van der Waals surface area contributed by atoms with E-state index < -0.39 is 0 Å². The third-order valence-corrected chi connectivity index (χ3v) is 4.34. The highest BCUT2D eigenvalue weighted by atomic mass is 127. The van der Waals surface area contributed by atoms with Gasteiger partial charge >= 0.3 is 5.97 Å². The Kier molecular flexibility index (Phi) is 10.5. The van der Waals surface area contributed by atoms with E-state index in [0.717, 1.165) is 25.5 Å². The molecule has 1 aromatic rings. The van der Waals surface area contributed by atoms with Gasteiger partial charge in [0.2, 0.25) is 0 Å². The van der Waals surface area contributed by atoms with Gasteiger partial charge in [0.25, 0.3) is 0 Å². The second kappa shape index (κ2) is 12.1. The first-order valence-corrected chi connectivity index (χ1v) is 8.95. The maximum Gasteiger partial charge on any atom is 0.337 e. The molecule has 1 aromatic carbocycles. The number of guanidine groups is 1. The minimum absolute atomic E-state index is 0. The molecule has 0 atom stereocenters. The van der Waals surface area contributed by atoms with Gasteiger partial charge in [-0.15, -0.1) is 24.0 Å². The molecule has 0 heterocycles. The summed E-state index contributed by atoms with van der Waals surface area (Å²) in [6.07, 6.45) is 7.29. The number of esters is 1. The van der Waals surface area contributed by atoms with Crippen molar-refractivity contribution in [2.24, 2.45) is 4.99 Å². The topological polar surface area (TPSA) is 62.7 Å². The zero-order chi connectivity index (χ0) is 17.2.